The number of esters is 2. The molecule has 0 aliphatic heterocycles. The van der Waals surface area contributed by atoms with Crippen molar-refractivity contribution in [2.75, 3.05) is 14.2 Å². The molecule has 5 nitrogen and oxygen atoms in total. The number of carbonyl (C=O) groups is 2. The lowest BCUT2D eigenvalue weighted by atomic mass is 9.99. The molecule has 0 saturated carbocycles. The molecule has 0 bridgehead atoms. The van der Waals surface area contributed by atoms with Crippen LogP contribution in [0.1, 0.15) is 20.8 Å². The summed E-state index contributed by atoms with van der Waals surface area (Å²) in [6.07, 6.45) is -0.368. The highest BCUT2D eigenvalue weighted by atomic mass is 79.9. The summed E-state index contributed by atoms with van der Waals surface area (Å²) in [5, 5.41) is -0.495. The van der Waals surface area contributed by atoms with E-state index in [0.29, 0.717) is 5.70 Å². The van der Waals surface area contributed by atoms with Crippen molar-refractivity contribution in [2.45, 2.75) is 32.3 Å². The molecule has 3 atom stereocenters. The smallest absolute Gasteiger partial charge is 0.354 e. The van der Waals surface area contributed by atoms with E-state index >= 15 is 0 Å². The van der Waals surface area contributed by atoms with E-state index in [4.69, 9.17) is 16.3 Å². The minimum absolute atomic E-state index is 0.154. The first-order chi connectivity index (χ1) is 9.67. The lowest BCUT2D eigenvalue weighted by molar-refractivity contribution is -0.147. The predicted molar refractivity (Wildman–Crippen MR) is 86.0 cm³/mol. The SMILES string of the molecule is C=C(C(=O)OC)N(C)/C(=C\Br)C(Cl)[C@H](C)[C@@H](C)OC(C)=O. The summed E-state index contributed by atoms with van der Waals surface area (Å²) in [5.41, 5.74) is 0.764. The molecule has 0 heterocycles. The predicted octanol–water partition coefficient (Wildman–Crippen LogP) is 3.04. The molecular weight excluding hydrogens is 362 g/mol. The summed E-state index contributed by atoms with van der Waals surface area (Å²) < 4.78 is 9.77. The van der Waals surface area contributed by atoms with E-state index in [0.717, 1.165) is 0 Å². The molecule has 0 amide bonds. The largest absolute Gasteiger partial charge is 0.464 e. The maximum Gasteiger partial charge on any atom is 0.354 e. The zero-order valence-electron chi connectivity index (χ0n) is 12.9. The van der Waals surface area contributed by atoms with E-state index in [-0.39, 0.29) is 23.7 Å². The minimum Gasteiger partial charge on any atom is -0.464 e. The van der Waals surface area contributed by atoms with Gasteiger partial charge in [-0.1, -0.05) is 29.4 Å². The maximum atomic E-state index is 11.5. The topological polar surface area (TPSA) is 55.8 Å². The molecule has 0 spiro atoms. The van der Waals surface area contributed by atoms with E-state index in [1.54, 1.807) is 19.0 Å². The summed E-state index contributed by atoms with van der Waals surface area (Å²) >= 11 is 9.67. The monoisotopic (exact) mass is 381 g/mol. The number of nitrogens with zero attached hydrogens (tertiary/aromatic N) is 1. The molecule has 0 fully saturated rings. The van der Waals surface area contributed by atoms with Crippen molar-refractivity contribution >= 4 is 39.5 Å². The van der Waals surface area contributed by atoms with Crippen LogP contribution in [0, 0.1) is 5.92 Å². The van der Waals surface area contributed by atoms with E-state index in [1.807, 2.05) is 6.92 Å². The molecule has 21 heavy (non-hydrogen) atoms. The Kier molecular flexibility index (Phi) is 8.66. The van der Waals surface area contributed by atoms with Gasteiger partial charge in [-0.25, -0.2) is 4.79 Å². The molecule has 120 valence electrons. The number of rotatable bonds is 7. The van der Waals surface area contributed by atoms with Gasteiger partial charge in [-0.15, -0.1) is 11.6 Å². The van der Waals surface area contributed by atoms with Gasteiger partial charge in [0.1, 0.15) is 11.8 Å². The number of ether oxygens (including phenoxy) is 2. The molecule has 0 aromatic carbocycles. The number of hydrogen-bond acceptors (Lipinski definition) is 5. The Morgan fingerprint density at radius 2 is 1.90 bits per heavy atom. The first-order valence-electron chi connectivity index (χ1n) is 6.29. The summed E-state index contributed by atoms with van der Waals surface area (Å²) in [6, 6.07) is 0. The van der Waals surface area contributed by atoms with E-state index in [2.05, 4.69) is 27.2 Å². The van der Waals surface area contributed by atoms with Gasteiger partial charge in [0.05, 0.1) is 12.5 Å². The minimum atomic E-state index is -0.547. The summed E-state index contributed by atoms with van der Waals surface area (Å²) in [5.74, 6) is -1.09. The lowest BCUT2D eigenvalue weighted by Crippen LogP contribution is -2.35. The molecule has 0 N–H and O–H groups in total. The normalized spacial score (nSPS) is 15.7. The molecule has 0 radical (unpaired) electrons. The zero-order valence-corrected chi connectivity index (χ0v) is 15.2. The highest BCUT2D eigenvalue weighted by Crippen LogP contribution is 2.28. The van der Waals surface area contributed by atoms with Crippen molar-refractivity contribution in [1.82, 2.24) is 4.90 Å². The van der Waals surface area contributed by atoms with Crippen LogP contribution in [0.3, 0.4) is 0 Å². The Morgan fingerprint density at radius 1 is 1.38 bits per heavy atom. The lowest BCUT2D eigenvalue weighted by Gasteiger charge is -2.31. The van der Waals surface area contributed by atoms with Crippen LogP contribution in [0.25, 0.3) is 0 Å². The van der Waals surface area contributed by atoms with Crippen molar-refractivity contribution in [3.05, 3.63) is 23.0 Å². The van der Waals surface area contributed by atoms with Crippen LogP contribution in [0.5, 0.6) is 0 Å². The molecule has 0 aliphatic rings. The fraction of sp³-hybridized carbons (Fsp3) is 0.571. The average Bonchev–Trinajstić information content (AvgIpc) is 2.44. The Balaban J connectivity index is 5.07. The molecule has 0 rings (SSSR count). The van der Waals surface area contributed by atoms with E-state index in [1.165, 1.54) is 18.9 Å². The van der Waals surface area contributed by atoms with Gasteiger partial charge in [-0.2, -0.15) is 0 Å². The van der Waals surface area contributed by atoms with Crippen LogP contribution in [0.2, 0.25) is 0 Å². The third kappa shape index (κ3) is 5.71. The fourth-order valence-electron chi connectivity index (χ4n) is 1.61. The van der Waals surface area contributed by atoms with Gasteiger partial charge in [0.25, 0.3) is 0 Å². The van der Waals surface area contributed by atoms with Crippen LogP contribution in [0.15, 0.2) is 23.0 Å². The van der Waals surface area contributed by atoms with Gasteiger partial charge in [-0.05, 0) is 6.92 Å². The van der Waals surface area contributed by atoms with Crippen molar-refractivity contribution in [3.63, 3.8) is 0 Å². The Bertz CT molecular complexity index is 439. The van der Waals surface area contributed by atoms with Crippen LogP contribution >= 0.6 is 27.5 Å². The standard InChI is InChI=1S/C14H21BrClNO4/c1-8(10(3)21-11(4)18)13(16)12(7-15)17(5)9(2)14(19)20-6/h7-8,10,13H,2H2,1,3-6H3/b12-7-/t8-,10-,13?/m1/s1. The summed E-state index contributed by atoms with van der Waals surface area (Å²) in [4.78, 5) is 25.7. The first-order valence-corrected chi connectivity index (χ1v) is 7.65. The summed E-state index contributed by atoms with van der Waals surface area (Å²) in [6.45, 7) is 8.65. The van der Waals surface area contributed by atoms with Gasteiger partial charge < -0.3 is 14.4 Å². The first kappa shape index (κ1) is 20.0. The van der Waals surface area contributed by atoms with Gasteiger partial charge in [0.2, 0.25) is 0 Å². The van der Waals surface area contributed by atoms with Crippen molar-refractivity contribution < 1.29 is 19.1 Å². The molecule has 7 heteroatoms. The Hall–Kier alpha value is -1.01. The van der Waals surface area contributed by atoms with Crippen molar-refractivity contribution in [3.8, 4) is 0 Å². The molecule has 1 unspecified atom stereocenters. The second-order valence-corrected chi connectivity index (χ2v) is 5.53. The van der Waals surface area contributed by atoms with Crippen LogP contribution in [-0.2, 0) is 19.1 Å². The van der Waals surface area contributed by atoms with Crippen LogP contribution < -0.4 is 0 Å². The molecule has 0 aromatic rings. The highest BCUT2D eigenvalue weighted by molar-refractivity contribution is 9.11. The molecule has 0 saturated heterocycles. The third-order valence-corrected chi connectivity index (χ3v) is 4.25. The zero-order chi connectivity index (χ0) is 16.7. The second-order valence-electron chi connectivity index (χ2n) is 4.61. The Morgan fingerprint density at radius 3 is 2.29 bits per heavy atom. The number of halogens is 2. The highest BCUT2D eigenvalue weighted by Gasteiger charge is 2.29. The number of hydrogen-bond donors (Lipinski definition) is 0. The Labute approximate surface area is 139 Å². The van der Waals surface area contributed by atoms with Crippen LogP contribution in [0.4, 0.5) is 0 Å². The molecule has 0 aromatic heterocycles. The number of carbonyl (C=O) groups excluding carboxylic acids is 2. The van der Waals surface area contributed by atoms with Gasteiger partial charge in [0, 0.05) is 30.6 Å². The van der Waals surface area contributed by atoms with Crippen molar-refractivity contribution in [2.24, 2.45) is 5.92 Å². The van der Waals surface area contributed by atoms with E-state index < -0.39 is 11.3 Å². The maximum absolute atomic E-state index is 11.5. The number of likely N-dealkylation sites (N-methyl/N-ethyl adjacent to an activating group) is 1. The average molecular weight is 383 g/mol. The van der Waals surface area contributed by atoms with E-state index in [9.17, 15) is 9.59 Å². The third-order valence-electron chi connectivity index (χ3n) is 3.16. The van der Waals surface area contributed by atoms with Crippen molar-refractivity contribution in [1.29, 1.82) is 0 Å². The summed E-state index contributed by atoms with van der Waals surface area (Å²) in [7, 11) is 2.94. The second kappa shape index (κ2) is 9.10. The molecule has 0 aliphatic carbocycles. The number of allylic oxidation sites excluding steroid dienone is 1. The fourth-order valence-corrected chi connectivity index (χ4v) is 2.76. The van der Waals surface area contributed by atoms with Crippen LogP contribution in [-0.4, -0.2) is 42.5 Å². The molecular formula is C14H21BrClNO4. The quantitative estimate of drug-likeness (QED) is 0.385. The number of methoxy groups -OCH3 is 1. The van der Waals surface area contributed by atoms with Gasteiger partial charge in [-0.3, -0.25) is 4.79 Å². The van der Waals surface area contributed by atoms with Gasteiger partial charge >= 0.3 is 11.9 Å². The van der Waals surface area contributed by atoms with Gasteiger partial charge in [0.15, 0.2) is 0 Å². The number of alkyl halides is 1.